The topological polar surface area (TPSA) is 12.0 Å². The maximum atomic E-state index is 5.29. The molecule has 0 amide bonds. The third-order valence-electron chi connectivity index (χ3n) is 3.61. The van der Waals surface area contributed by atoms with Crippen LogP contribution >= 0.6 is 0 Å². The standard InChI is InChI=1S/C14H25N/c1-4-6-7-8-14(15-5-2)13-10-9-12(3)11-13/h1,12-15H,5-11H2,2-3H3. The van der Waals surface area contributed by atoms with Gasteiger partial charge < -0.3 is 5.32 Å². The Morgan fingerprint density at radius 1 is 1.47 bits per heavy atom. The van der Waals surface area contributed by atoms with Crippen LogP contribution in [0.3, 0.4) is 0 Å². The molecule has 0 heterocycles. The van der Waals surface area contributed by atoms with Crippen LogP contribution in [0.25, 0.3) is 0 Å². The Hall–Kier alpha value is -0.480. The number of nitrogens with one attached hydrogen (secondary N) is 1. The minimum Gasteiger partial charge on any atom is -0.314 e. The summed E-state index contributed by atoms with van der Waals surface area (Å²) in [5.41, 5.74) is 0. The summed E-state index contributed by atoms with van der Waals surface area (Å²) in [5, 5.41) is 3.64. The van der Waals surface area contributed by atoms with Crippen LogP contribution in [0.2, 0.25) is 0 Å². The molecule has 1 nitrogen and oxygen atoms in total. The molecule has 3 unspecified atom stereocenters. The van der Waals surface area contributed by atoms with Gasteiger partial charge in [0.15, 0.2) is 0 Å². The molecule has 1 rings (SSSR count). The van der Waals surface area contributed by atoms with Crippen molar-refractivity contribution in [3.8, 4) is 12.3 Å². The SMILES string of the molecule is C#CCCCC(NCC)C1CCC(C)C1. The number of rotatable bonds is 6. The van der Waals surface area contributed by atoms with Crippen LogP contribution in [0.4, 0.5) is 0 Å². The number of unbranched alkanes of at least 4 members (excludes halogenated alkanes) is 1. The van der Waals surface area contributed by atoms with Crippen LogP contribution in [0.5, 0.6) is 0 Å². The fourth-order valence-electron chi connectivity index (χ4n) is 2.81. The first kappa shape index (κ1) is 12.6. The fourth-order valence-corrected chi connectivity index (χ4v) is 2.81. The van der Waals surface area contributed by atoms with Crippen molar-refractivity contribution >= 4 is 0 Å². The molecule has 86 valence electrons. The van der Waals surface area contributed by atoms with Gasteiger partial charge in [-0.1, -0.05) is 20.3 Å². The first-order valence-corrected chi connectivity index (χ1v) is 6.44. The molecule has 0 bridgehead atoms. The van der Waals surface area contributed by atoms with E-state index in [1.165, 1.54) is 32.1 Å². The van der Waals surface area contributed by atoms with Crippen LogP contribution in [-0.4, -0.2) is 12.6 Å². The second-order valence-electron chi connectivity index (χ2n) is 4.94. The molecule has 0 aromatic carbocycles. The van der Waals surface area contributed by atoms with Crippen molar-refractivity contribution in [2.75, 3.05) is 6.54 Å². The Balaban J connectivity index is 2.32. The van der Waals surface area contributed by atoms with Gasteiger partial charge in [0.25, 0.3) is 0 Å². The second-order valence-corrected chi connectivity index (χ2v) is 4.94. The molecule has 1 aliphatic carbocycles. The van der Waals surface area contributed by atoms with E-state index in [2.05, 4.69) is 25.1 Å². The van der Waals surface area contributed by atoms with Crippen molar-refractivity contribution in [2.24, 2.45) is 11.8 Å². The van der Waals surface area contributed by atoms with Crippen molar-refractivity contribution in [3.05, 3.63) is 0 Å². The molecule has 0 radical (unpaired) electrons. The summed E-state index contributed by atoms with van der Waals surface area (Å²) in [6, 6.07) is 0.716. The van der Waals surface area contributed by atoms with Crippen LogP contribution in [0.1, 0.15) is 52.4 Å². The highest BCUT2D eigenvalue weighted by molar-refractivity contribution is 4.87. The molecule has 0 aromatic heterocycles. The first-order chi connectivity index (χ1) is 7.27. The molecule has 1 saturated carbocycles. The Labute approximate surface area is 95.0 Å². The second kappa shape index (κ2) is 6.90. The minimum absolute atomic E-state index is 0.716. The summed E-state index contributed by atoms with van der Waals surface area (Å²) in [5.74, 6) is 4.57. The highest BCUT2D eigenvalue weighted by Gasteiger charge is 2.27. The van der Waals surface area contributed by atoms with Gasteiger partial charge >= 0.3 is 0 Å². The van der Waals surface area contributed by atoms with Crippen molar-refractivity contribution in [1.82, 2.24) is 5.32 Å². The quantitative estimate of drug-likeness (QED) is 0.521. The highest BCUT2D eigenvalue weighted by Crippen LogP contribution is 2.34. The predicted molar refractivity (Wildman–Crippen MR) is 66.7 cm³/mol. The number of hydrogen-bond donors (Lipinski definition) is 1. The van der Waals surface area contributed by atoms with Crippen molar-refractivity contribution in [3.63, 3.8) is 0 Å². The molecule has 0 aromatic rings. The van der Waals surface area contributed by atoms with Crippen LogP contribution in [0, 0.1) is 24.2 Å². The van der Waals surface area contributed by atoms with E-state index in [4.69, 9.17) is 6.42 Å². The van der Waals surface area contributed by atoms with Crippen LogP contribution < -0.4 is 5.32 Å². The van der Waals surface area contributed by atoms with E-state index < -0.39 is 0 Å². The monoisotopic (exact) mass is 207 g/mol. The zero-order valence-corrected chi connectivity index (χ0v) is 10.3. The molecule has 1 heteroatoms. The van der Waals surface area contributed by atoms with Gasteiger partial charge in [0, 0.05) is 12.5 Å². The molecular formula is C14H25N. The van der Waals surface area contributed by atoms with Gasteiger partial charge in [-0.15, -0.1) is 12.3 Å². The van der Waals surface area contributed by atoms with Gasteiger partial charge in [0.2, 0.25) is 0 Å². The Morgan fingerprint density at radius 3 is 2.80 bits per heavy atom. The zero-order valence-electron chi connectivity index (χ0n) is 10.3. The summed E-state index contributed by atoms with van der Waals surface area (Å²) < 4.78 is 0. The third-order valence-corrected chi connectivity index (χ3v) is 3.61. The first-order valence-electron chi connectivity index (χ1n) is 6.44. The molecule has 1 N–H and O–H groups in total. The fraction of sp³-hybridized carbons (Fsp3) is 0.857. The average molecular weight is 207 g/mol. The van der Waals surface area contributed by atoms with Gasteiger partial charge in [-0.25, -0.2) is 0 Å². The lowest BCUT2D eigenvalue weighted by Crippen LogP contribution is -2.35. The van der Waals surface area contributed by atoms with Crippen LogP contribution in [0.15, 0.2) is 0 Å². The summed E-state index contributed by atoms with van der Waals surface area (Å²) in [6.07, 6.45) is 12.9. The largest absolute Gasteiger partial charge is 0.314 e. The van der Waals surface area contributed by atoms with Crippen molar-refractivity contribution in [1.29, 1.82) is 0 Å². The maximum absolute atomic E-state index is 5.29. The van der Waals surface area contributed by atoms with Crippen molar-refractivity contribution < 1.29 is 0 Å². The van der Waals surface area contributed by atoms with Crippen LogP contribution in [-0.2, 0) is 0 Å². The summed E-state index contributed by atoms with van der Waals surface area (Å²) in [4.78, 5) is 0. The Morgan fingerprint density at radius 2 is 2.27 bits per heavy atom. The molecule has 0 aliphatic heterocycles. The molecule has 1 aliphatic rings. The summed E-state index contributed by atoms with van der Waals surface area (Å²) >= 11 is 0. The van der Waals surface area contributed by atoms with E-state index in [-0.39, 0.29) is 0 Å². The molecular weight excluding hydrogens is 182 g/mol. The molecule has 15 heavy (non-hydrogen) atoms. The van der Waals surface area contributed by atoms with E-state index in [0.29, 0.717) is 6.04 Å². The van der Waals surface area contributed by atoms with E-state index in [0.717, 1.165) is 24.8 Å². The number of terminal acetylenes is 1. The van der Waals surface area contributed by atoms with E-state index in [1.54, 1.807) is 0 Å². The summed E-state index contributed by atoms with van der Waals surface area (Å²) in [7, 11) is 0. The lowest BCUT2D eigenvalue weighted by atomic mass is 9.92. The Kier molecular flexibility index (Phi) is 5.79. The highest BCUT2D eigenvalue weighted by atomic mass is 14.9. The van der Waals surface area contributed by atoms with Gasteiger partial charge in [-0.3, -0.25) is 0 Å². The zero-order chi connectivity index (χ0) is 11.1. The lowest BCUT2D eigenvalue weighted by Gasteiger charge is -2.24. The molecule has 1 fully saturated rings. The predicted octanol–water partition coefficient (Wildman–Crippen LogP) is 3.20. The van der Waals surface area contributed by atoms with Crippen molar-refractivity contribution in [2.45, 2.75) is 58.4 Å². The van der Waals surface area contributed by atoms with E-state index >= 15 is 0 Å². The molecule has 3 atom stereocenters. The van der Waals surface area contributed by atoms with Gasteiger partial charge in [-0.05, 0) is 44.1 Å². The minimum atomic E-state index is 0.716. The number of hydrogen-bond acceptors (Lipinski definition) is 1. The lowest BCUT2D eigenvalue weighted by molar-refractivity contribution is 0.333. The van der Waals surface area contributed by atoms with Gasteiger partial charge in [0.1, 0.15) is 0 Å². The normalized spacial score (nSPS) is 27.5. The van der Waals surface area contributed by atoms with E-state index in [1.807, 2.05) is 0 Å². The molecule has 0 spiro atoms. The van der Waals surface area contributed by atoms with Gasteiger partial charge in [-0.2, -0.15) is 0 Å². The smallest absolute Gasteiger partial charge is 0.00956 e. The Bertz CT molecular complexity index is 204. The van der Waals surface area contributed by atoms with E-state index in [9.17, 15) is 0 Å². The van der Waals surface area contributed by atoms with Gasteiger partial charge in [0.05, 0.1) is 0 Å². The maximum Gasteiger partial charge on any atom is 0.00956 e. The average Bonchev–Trinajstić information content (AvgIpc) is 2.64. The third kappa shape index (κ3) is 4.26. The summed E-state index contributed by atoms with van der Waals surface area (Å²) in [6.45, 7) is 5.67. The molecule has 0 saturated heterocycles.